The van der Waals surface area contributed by atoms with Gasteiger partial charge in [-0.3, -0.25) is 4.79 Å². The minimum Gasteiger partial charge on any atom is -0.492 e. The Labute approximate surface area is 184 Å². The summed E-state index contributed by atoms with van der Waals surface area (Å²) in [6, 6.07) is 6.78. The lowest BCUT2D eigenvalue weighted by Gasteiger charge is -2.21. The van der Waals surface area contributed by atoms with Crippen molar-refractivity contribution in [2.75, 3.05) is 26.1 Å². The van der Waals surface area contributed by atoms with E-state index >= 15 is 0 Å². The first-order valence-corrected chi connectivity index (χ1v) is 9.83. The van der Waals surface area contributed by atoms with Gasteiger partial charge < -0.3 is 24.8 Å². The average Bonchev–Trinajstić information content (AvgIpc) is 2.73. The fourth-order valence-corrected chi connectivity index (χ4v) is 3.81. The Morgan fingerprint density at radius 1 is 1.13 bits per heavy atom. The molecule has 2 aromatic rings. The number of ether oxygens (including phenoxy) is 3. The first kappa shape index (κ1) is 22.9. The van der Waals surface area contributed by atoms with E-state index in [2.05, 4.69) is 31.3 Å². The molecule has 7 nitrogen and oxygen atoms in total. The number of halogens is 4. The number of alkyl halides is 3. The summed E-state index contributed by atoms with van der Waals surface area (Å²) >= 11 is 3.13. The van der Waals surface area contributed by atoms with Gasteiger partial charge in [-0.25, -0.2) is 4.79 Å². The molecule has 0 bridgehead atoms. The van der Waals surface area contributed by atoms with Crippen molar-refractivity contribution in [3.63, 3.8) is 0 Å². The highest BCUT2D eigenvalue weighted by Crippen LogP contribution is 2.46. The van der Waals surface area contributed by atoms with E-state index in [1.807, 2.05) is 6.07 Å². The summed E-state index contributed by atoms with van der Waals surface area (Å²) in [6.07, 6.45) is -4.55. The zero-order chi connectivity index (χ0) is 22.8. The summed E-state index contributed by atoms with van der Waals surface area (Å²) in [7, 11) is 2.31. The van der Waals surface area contributed by atoms with E-state index in [1.54, 1.807) is 12.1 Å². The topological polar surface area (TPSA) is 85.9 Å². The molecule has 0 spiro atoms. The van der Waals surface area contributed by atoms with Gasteiger partial charge in [0.1, 0.15) is 0 Å². The maximum absolute atomic E-state index is 13.0. The lowest BCUT2D eigenvalue weighted by molar-refractivity contribution is -0.189. The summed E-state index contributed by atoms with van der Waals surface area (Å²) in [6.45, 7) is 1.41. The third-order valence-corrected chi connectivity index (χ3v) is 5.20. The molecular formula is C20H18BrF3N2O5. The van der Waals surface area contributed by atoms with E-state index in [0.717, 1.165) is 24.8 Å². The minimum absolute atomic E-state index is 0.102. The lowest BCUT2D eigenvalue weighted by atomic mass is 9.99. The number of carbonyl (C=O) groups is 2. The summed E-state index contributed by atoms with van der Waals surface area (Å²) in [4.78, 5) is 24.5. The van der Waals surface area contributed by atoms with Gasteiger partial charge in [0.05, 0.1) is 24.3 Å². The SMILES string of the molecule is COc1c(Br)cc(C(=O)Nc2cccc3c2CCNC3)c(OC)c1OC(=O)C(F)(F)F. The van der Waals surface area contributed by atoms with Crippen molar-refractivity contribution in [3.8, 4) is 17.2 Å². The van der Waals surface area contributed by atoms with Crippen molar-refractivity contribution < 1.29 is 37.0 Å². The van der Waals surface area contributed by atoms with Crippen molar-refractivity contribution in [2.45, 2.75) is 19.1 Å². The summed E-state index contributed by atoms with van der Waals surface area (Å²) in [5.41, 5.74) is 2.43. The highest BCUT2D eigenvalue weighted by atomic mass is 79.9. The van der Waals surface area contributed by atoms with E-state index in [4.69, 9.17) is 9.47 Å². The Hall–Kier alpha value is -2.79. The Kier molecular flexibility index (Phi) is 6.75. The van der Waals surface area contributed by atoms with Crippen molar-refractivity contribution in [1.29, 1.82) is 0 Å². The Morgan fingerprint density at radius 3 is 2.48 bits per heavy atom. The van der Waals surface area contributed by atoms with Gasteiger partial charge in [-0.1, -0.05) is 12.1 Å². The van der Waals surface area contributed by atoms with Crippen LogP contribution in [0.2, 0.25) is 0 Å². The van der Waals surface area contributed by atoms with Crippen molar-refractivity contribution in [1.82, 2.24) is 5.32 Å². The molecule has 0 fully saturated rings. The number of rotatable bonds is 5. The van der Waals surface area contributed by atoms with Crippen LogP contribution in [0.15, 0.2) is 28.7 Å². The lowest BCUT2D eigenvalue weighted by Crippen LogP contribution is -2.28. The maximum Gasteiger partial charge on any atom is 0.491 e. The zero-order valence-corrected chi connectivity index (χ0v) is 18.1. The molecule has 1 aliphatic rings. The molecule has 0 unspecified atom stereocenters. The van der Waals surface area contributed by atoms with Gasteiger partial charge >= 0.3 is 12.1 Å². The molecule has 31 heavy (non-hydrogen) atoms. The second kappa shape index (κ2) is 9.15. The molecule has 11 heteroatoms. The fraction of sp³-hybridized carbons (Fsp3) is 0.300. The first-order chi connectivity index (χ1) is 14.7. The van der Waals surface area contributed by atoms with Crippen LogP contribution in [0.5, 0.6) is 17.2 Å². The molecular weight excluding hydrogens is 485 g/mol. The first-order valence-electron chi connectivity index (χ1n) is 9.03. The van der Waals surface area contributed by atoms with E-state index < -0.39 is 23.8 Å². The second-order valence-corrected chi connectivity index (χ2v) is 7.37. The molecule has 0 aliphatic carbocycles. The highest BCUT2D eigenvalue weighted by molar-refractivity contribution is 9.10. The molecule has 0 saturated carbocycles. The van der Waals surface area contributed by atoms with E-state index in [-0.39, 0.29) is 21.5 Å². The molecule has 0 radical (unpaired) electrons. The van der Waals surface area contributed by atoms with Crippen LogP contribution in [0.1, 0.15) is 21.5 Å². The maximum atomic E-state index is 13.0. The Balaban J connectivity index is 2.03. The highest BCUT2D eigenvalue weighted by Gasteiger charge is 2.43. The van der Waals surface area contributed by atoms with Crippen LogP contribution in [0.4, 0.5) is 18.9 Å². The predicted molar refractivity (Wildman–Crippen MR) is 109 cm³/mol. The second-order valence-electron chi connectivity index (χ2n) is 6.51. The third-order valence-electron chi connectivity index (χ3n) is 4.61. The van der Waals surface area contributed by atoms with Crippen LogP contribution in [0.25, 0.3) is 0 Å². The minimum atomic E-state index is -5.25. The number of esters is 1. The number of nitrogens with one attached hydrogen (secondary N) is 2. The van der Waals surface area contributed by atoms with Gasteiger partial charge in [-0.2, -0.15) is 13.2 Å². The molecule has 2 N–H and O–H groups in total. The number of benzene rings is 2. The van der Waals surface area contributed by atoms with Gasteiger partial charge in [0, 0.05) is 12.2 Å². The Bertz CT molecular complexity index is 1030. The number of fused-ring (bicyclic) bond motifs is 1. The molecule has 0 aromatic heterocycles. The van der Waals surface area contributed by atoms with E-state index in [0.29, 0.717) is 18.7 Å². The summed E-state index contributed by atoms with van der Waals surface area (Å²) in [5.74, 6) is -4.39. The number of hydrogen-bond acceptors (Lipinski definition) is 6. The largest absolute Gasteiger partial charge is 0.492 e. The molecule has 1 amide bonds. The number of hydrogen-bond donors (Lipinski definition) is 2. The average molecular weight is 503 g/mol. The summed E-state index contributed by atoms with van der Waals surface area (Å²) in [5, 5.41) is 6.00. The fourth-order valence-electron chi connectivity index (χ4n) is 3.24. The molecule has 3 rings (SSSR count). The van der Waals surface area contributed by atoms with Crippen LogP contribution in [0, 0.1) is 0 Å². The van der Waals surface area contributed by atoms with Gasteiger partial charge in [0.25, 0.3) is 5.91 Å². The summed E-state index contributed by atoms with van der Waals surface area (Å²) < 4.78 is 53.1. The van der Waals surface area contributed by atoms with Crippen LogP contribution in [0.3, 0.4) is 0 Å². The van der Waals surface area contributed by atoms with Crippen LogP contribution < -0.4 is 24.8 Å². The predicted octanol–water partition coefficient (Wildman–Crippen LogP) is 3.83. The van der Waals surface area contributed by atoms with Crippen molar-refractivity contribution in [2.24, 2.45) is 0 Å². The molecule has 166 valence electrons. The van der Waals surface area contributed by atoms with Gasteiger partial charge in [-0.15, -0.1) is 0 Å². The standard InChI is InChI=1S/C20H18BrF3N2O5/c1-29-15-12(8-13(21)16(30-2)17(15)31-19(28)20(22,23)24)18(27)26-14-5-3-4-10-9-25-7-6-11(10)14/h3-5,8,25H,6-7,9H2,1-2H3,(H,26,27). The molecule has 0 saturated heterocycles. The van der Waals surface area contributed by atoms with Crippen molar-refractivity contribution >= 4 is 33.5 Å². The van der Waals surface area contributed by atoms with Crippen LogP contribution >= 0.6 is 15.9 Å². The molecule has 0 atom stereocenters. The number of carbonyl (C=O) groups excluding carboxylic acids is 2. The van der Waals surface area contributed by atoms with Gasteiger partial charge in [-0.05, 0) is 52.2 Å². The smallest absolute Gasteiger partial charge is 0.491 e. The third kappa shape index (κ3) is 4.77. The number of anilines is 1. The Morgan fingerprint density at radius 2 is 1.84 bits per heavy atom. The monoisotopic (exact) mass is 502 g/mol. The van der Waals surface area contributed by atoms with Crippen molar-refractivity contribution in [3.05, 3.63) is 45.4 Å². The van der Waals surface area contributed by atoms with Gasteiger partial charge in [0.2, 0.25) is 5.75 Å². The number of methoxy groups -OCH3 is 2. The normalized spacial score (nSPS) is 13.2. The van der Waals surface area contributed by atoms with E-state index in [1.165, 1.54) is 13.2 Å². The molecule has 1 aliphatic heterocycles. The van der Waals surface area contributed by atoms with Gasteiger partial charge in [0.15, 0.2) is 11.5 Å². The quantitative estimate of drug-likeness (QED) is 0.477. The zero-order valence-electron chi connectivity index (χ0n) is 16.5. The van der Waals surface area contributed by atoms with Crippen LogP contribution in [-0.4, -0.2) is 38.8 Å². The molecule has 1 heterocycles. The number of amides is 1. The van der Waals surface area contributed by atoms with Crippen LogP contribution in [-0.2, 0) is 17.8 Å². The van der Waals surface area contributed by atoms with E-state index in [9.17, 15) is 22.8 Å². The molecule has 2 aromatic carbocycles.